The monoisotopic (exact) mass is 307 g/mol. The summed E-state index contributed by atoms with van der Waals surface area (Å²) in [5.74, 6) is -1.07. The first-order valence-corrected chi connectivity index (χ1v) is 6.88. The third-order valence-corrected chi connectivity index (χ3v) is 3.44. The zero-order valence-electron chi connectivity index (χ0n) is 11.7. The lowest BCUT2D eigenvalue weighted by molar-refractivity contribution is 0.0984. The van der Waals surface area contributed by atoms with E-state index in [9.17, 15) is 14.3 Å². The first-order chi connectivity index (χ1) is 9.93. The minimum Gasteiger partial charge on any atom is -0.508 e. The number of aromatic hydroxyl groups is 1. The Morgan fingerprint density at radius 1 is 1.29 bits per heavy atom. The summed E-state index contributed by atoms with van der Waals surface area (Å²) in [4.78, 5) is 14.0. The maximum Gasteiger partial charge on any atom is 0.261 e. The number of nitrogens with zero attached hydrogens (tertiary/aromatic N) is 1. The number of aryl methyl sites for hydroxylation is 1. The zero-order valence-corrected chi connectivity index (χ0v) is 12.5. The van der Waals surface area contributed by atoms with Gasteiger partial charge in [-0.2, -0.15) is 0 Å². The molecule has 3 nitrogen and oxygen atoms in total. The molecule has 0 radical (unpaired) electrons. The smallest absolute Gasteiger partial charge is 0.261 e. The quantitative estimate of drug-likeness (QED) is 0.925. The average Bonchev–Trinajstić information content (AvgIpc) is 2.46. The van der Waals surface area contributed by atoms with Crippen LogP contribution >= 0.6 is 11.6 Å². The van der Waals surface area contributed by atoms with E-state index in [1.807, 2.05) is 6.92 Å². The molecule has 0 aromatic heterocycles. The molecule has 0 heterocycles. The van der Waals surface area contributed by atoms with Crippen molar-refractivity contribution in [3.63, 3.8) is 0 Å². The van der Waals surface area contributed by atoms with Crippen molar-refractivity contribution >= 4 is 23.2 Å². The fourth-order valence-electron chi connectivity index (χ4n) is 2.12. The lowest BCUT2D eigenvalue weighted by Crippen LogP contribution is -2.31. The number of hydrogen-bond donors (Lipinski definition) is 1. The maximum absolute atomic E-state index is 13.9. The van der Waals surface area contributed by atoms with Gasteiger partial charge in [-0.25, -0.2) is 4.39 Å². The predicted octanol–water partition coefficient (Wildman–Crippen LogP) is 4.16. The van der Waals surface area contributed by atoms with Crippen molar-refractivity contribution in [2.24, 2.45) is 0 Å². The molecule has 0 saturated heterocycles. The summed E-state index contributed by atoms with van der Waals surface area (Å²) in [6, 6.07) is 8.59. The molecule has 2 aromatic carbocycles. The number of carbonyl (C=O) groups excluding carboxylic acids is 1. The molecule has 0 atom stereocenters. The van der Waals surface area contributed by atoms with Crippen LogP contribution < -0.4 is 4.90 Å². The molecule has 2 aromatic rings. The van der Waals surface area contributed by atoms with Gasteiger partial charge in [0.25, 0.3) is 5.91 Å². The van der Waals surface area contributed by atoms with E-state index >= 15 is 0 Å². The van der Waals surface area contributed by atoms with E-state index in [4.69, 9.17) is 11.6 Å². The number of phenolic OH excluding ortho intramolecular Hbond substituents is 1. The van der Waals surface area contributed by atoms with Crippen molar-refractivity contribution in [3.05, 3.63) is 58.4 Å². The van der Waals surface area contributed by atoms with Crippen LogP contribution in [-0.2, 0) is 0 Å². The molecule has 2 rings (SSSR count). The van der Waals surface area contributed by atoms with Crippen molar-refractivity contribution < 1.29 is 14.3 Å². The number of rotatable bonds is 3. The van der Waals surface area contributed by atoms with Crippen molar-refractivity contribution in [1.29, 1.82) is 0 Å². The second-order valence-corrected chi connectivity index (χ2v) is 5.08. The summed E-state index contributed by atoms with van der Waals surface area (Å²) in [6.07, 6.45) is 0. The molecule has 0 aliphatic rings. The topological polar surface area (TPSA) is 40.5 Å². The summed E-state index contributed by atoms with van der Waals surface area (Å²) < 4.78 is 13.9. The Morgan fingerprint density at radius 2 is 2.00 bits per heavy atom. The van der Waals surface area contributed by atoms with Crippen molar-refractivity contribution in [2.45, 2.75) is 13.8 Å². The molecule has 0 bridgehead atoms. The van der Waals surface area contributed by atoms with Crippen LogP contribution in [0.3, 0.4) is 0 Å². The van der Waals surface area contributed by atoms with Gasteiger partial charge in [0.1, 0.15) is 11.6 Å². The Labute approximate surface area is 127 Å². The molecule has 1 N–H and O–H groups in total. The second kappa shape index (κ2) is 6.14. The van der Waals surface area contributed by atoms with Crippen molar-refractivity contribution in [2.75, 3.05) is 11.4 Å². The molecule has 5 heteroatoms. The molecule has 0 fully saturated rings. The molecule has 110 valence electrons. The largest absolute Gasteiger partial charge is 0.508 e. The minimum absolute atomic E-state index is 0.0495. The van der Waals surface area contributed by atoms with Gasteiger partial charge in [0, 0.05) is 17.6 Å². The van der Waals surface area contributed by atoms with Crippen LogP contribution in [0.2, 0.25) is 5.02 Å². The van der Waals surface area contributed by atoms with E-state index in [1.165, 1.54) is 35.2 Å². The highest BCUT2D eigenvalue weighted by Crippen LogP contribution is 2.27. The van der Waals surface area contributed by atoms with Gasteiger partial charge in [0.05, 0.1) is 11.3 Å². The number of carbonyl (C=O) groups is 1. The predicted molar refractivity (Wildman–Crippen MR) is 81.6 cm³/mol. The first-order valence-electron chi connectivity index (χ1n) is 6.50. The molecular formula is C16H15ClFNO2. The highest BCUT2D eigenvalue weighted by Gasteiger charge is 2.21. The fraction of sp³-hybridized carbons (Fsp3) is 0.188. The van der Waals surface area contributed by atoms with Crippen LogP contribution in [0.15, 0.2) is 36.4 Å². The first kappa shape index (κ1) is 15.3. The van der Waals surface area contributed by atoms with E-state index in [0.717, 1.165) is 5.56 Å². The van der Waals surface area contributed by atoms with E-state index in [1.54, 1.807) is 13.0 Å². The van der Waals surface area contributed by atoms with Crippen LogP contribution in [0, 0.1) is 12.7 Å². The number of phenols is 1. The number of halogens is 2. The molecule has 0 unspecified atom stereocenters. The van der Waals surface area contributed by atoms with E-state index in [0.29, 0.717) is 17.3 Å². The van der Waals surface area contributed by atoms with Gasteiger partial charge in [-0.15, -0.1) is 0 Å². The Morgan fingerprint density at radius 3 is 2.67 bits per heavy atom. The Hall–Kier alpha value is -2.07. The second-order valence-electron chi connectivity index (χ2n) is 4.64. The number of anilines is 1. The van der Waals surface area contributed by atoms with Crippen molar-refractivity contribution in [1.82, 2.24) is 0 Å². The number of benzene rings is 2. The Balaban J connectivity index is 2.48. The fourth-order valence-corrected chi connectivity index (χ4v) is 2.29. The van der Waals surface area contributed by atoms with Gasteiger partial charge < -0.3 is 10.0 Å². The standard InChI is InChI=1S/C16H15ClFNO2/c1-3-19(15-9-12(20)6-4-10(15)2)16(21)13-8-11(17)5-7-14(13)18/h4-9,20H,3H2,1-2H3. The molecule has 0 aliphatic carbocycles. The van der Waals surface area contributed by atoms with E-state index in [2.05, 4.69) is 0 Å². The SMILES string of the molecule is CCN(C(=O)c1cc(Cl)ccc1F)c1cc(O)ccc1C. The maximum atomic E-state index is 13.9. The number of hydrogen-bond acceptors (Lipinski definition) is 2. The normalized spacial score (nSPS) is 10.5. The van der Waals surface area contributed by atoms with Gasteiger partial charge in [-0.1, -0.05) is 17.7 Å². The van der Waals surface area contributed by atoms with Crippen LogP contribution in [-0.4, -0.2) is 17.6 Å². The van der Waals surface area contributed by atoms with E-state index < -0.39 is 11.7 Å². The summed E-state index contributed by atoms with van der Waals surface area (Å²) >= 11 is 5.83. The van der Waals surface area contributed by atoms with Crippen LogP contribution in [0.4, 0.5) is 10.1 Å². The molecule has 0 spiro atoms. The van der Waals surface area contributed by atoms with Gasteiger partial charge in [-0.05, 0) is 43.7 Å². The van der Waals surface area contributed by atoms with Gasteiger partial charge >= 0.3 is 0 Å². The third kappa shape index (κ3) is 3.16. The number of amides is 1. The third-order valence-electron chi connectivity index (χ3n) is 3.20. The zero-order chi connectivity index (χ0) is 15.6. The Kier molecular flexibility index (Phi) is 4.48. The summed E-state index contributed by atoms with van der Waals surface area (Å²) in [6.45, 7) is 3.94. The molecular weight excluding hydrogens is 293 g/mol. The minimum atomic E-state index is -0.624. The lowest BCUT2D eigenvalue weighted by atomic mass is 10.1. The van der Waals surface area contributed by atoms with Crippen LogP contribution in [0.1, 0.15) is 22.8 Å². The molecule has 0 saturated carbocycles. The molecule has 21 heavy (non-hydrogen) atoms. The summed E-state index contributed by atoms with van der Waals surface area (Å²) in [5, 5.41) is 9.89. The molecule has 0 aliphatic heterocycles. The van der Waals surface area contributed by atoms with Gasteiger partial charge in [-0.3, -0.25) is 4.79 Å². The highest BCUT2D eigenvalue weighted by molar-refractivity contribution is 6.31. The summed E-state index contributed by atoms with van der Waals surface area (Å²) in [5.41, 5.74) is 1.26. The highest BCUT2D eigenvalue weighted by atomic mass is 35.5. The van der Waals surface area contributed by atoms with Crippen molar-refractivity contribution in [3.8, 4) is 5.75 Å². The Bertz CT molecular complexity index is 688. The lowest BCUT2D eigenvalue weighted by Gasteiger charge is -2.23. The molecule has 1 amide bonds. The van der Waals surface area contributed by atoms with Gasteiger partial charge in [0.2, 0.25) is 0 Å². The van der Waals surface area contributed by atoms with Crippen LogP contribution in [0.5, 0.6) is 5.75 Å². The van der Waals surface area contributed by atoms with E-state index in [-0.39, 0.29) is 11.3 Å². The summed E-state index contributed by atoms with van der Waals surface area (Å²) in [7, 11) is 0. The van der Waals surface area contributed by atoms with Crippen LogP contribution in [0.25, 0.3) is 0 Å². The van der Waals surface area contributed by atoms with Gasteiger partial charge in [0.15, 0.2) is 0 Å². The average molecular weight is 308 g/mol.